The monoisotopic (exact) mass is 521 g/mol. The number of allylic oxidation sites excluding steroid dienone is 1. The molecule has 0 bridgehead atoms. The fraction of sp³-hybridized carbons (Fsp3) is 0.129. The number of hydrogen-bond donors (Lipinski definition) is 0. The van der Waals surface area contributed by atoms with Crippen LogP contribution in [0, 0.1) is 0 Å². The summed E-state index contributed by atoms with van der Waals surface area (Å²) in [5.74, 6) is 1.94. The molecular formula is C31H27N3O5. The second-order valence-corrected chi connectivity index (χ2v) is 8.58. The van der Waals surface area contributed by atoms with Gasteiger partial charge in [0.2, 0.25) is 11.5 Å². The van der Waals surface area contributed by atoms with Gasteiger partial charge in [-0.1, -0.05) is 48.5 Å². The van der Waals surface area contributed by atoms with E-state index < -0.39 is 0 Å². The van der Waals surface area contributed by atoms with E-state index in [2.05, 4.69) is 4.98 Å². The third-order valence-electron chi connectivity index (χ3n) is 6.25. The van der Waals surface area contributed by atoms with Gasteiger partial charge < -0.3 is 18.9 Å². The third-order valence-corrected chi connectivity index (χ3v) is 6.25. The van der Waals surface area contributed by atoms with Crippen molar-refractivity contribution in [2.75, 3.05) is 28.4 Å². The van der Waals surface area contributed by atoms with E-state index in [0.717, 1.165) is 22.6 Å². The summed E-state index contributed by atoms with van der Waals surface area (Å²) in [6.45, 7) is 0. The minimum Gasteiger partial charge on any atom is -0.497 e. The Labute approximate surface area is 226 Å². The summed E-state index contributed by atoms with van der Waals surface area (Å²) in [6, 6.07) is 24.5. The number of carbonyl (C=O) groups is 1. The number of ether oxygens (including phenoxy) is 4. The maximum absolute atomic E-state index is 13.3. The first-order valence-corrected chi connectivity index (χ1v) is 12.2. The van der Waals surface area contributed by atoms with Gasteiger partial charge in [-0.3, -0.25) is 4.79 Å². The number of nitrogens with zero attached hydrogens (tertiary/aromatic N) is 3. The lowest BCUT2D eigenvalue weighted by Crippen LogP contribution is -2.05. The van der Waals surface area contributed by atoms with E-state index in [1.165, 1.54) is 6.08 Å². The van der Waals surface area contributed by atoms with Crippen LogP contribution in [0.1, 0.15) is 16.1 Å². The fourth-order valence-corrected chi connectivity index (χ4v) is 4.26. The molecule has 5 rings (SSSR count). The number of fused-ring (bicyclic) bond motifs is 1. The molecule has 2 heterocycles. The molecule has 0 aliphatic rings. The van der Waals surface area contributed by atoms with Crippen LogP contribution in [0.25, 0.3) is 34.2 Å². The second-order valence-electron chi connectivity index (χ2n) is 8.58. The van der Waals surface area contributed by atoms with Crippen LogP contribution < -0.4 is 18.9 Å². The molecule has 0 N–H and O–H groups in total. The molecule has 0 unspecified atom stereocenters. The summed E-state index contributed by atoms with van der Waals surface area (Å²) >= 11 is 0. The van der Waals surface area contributed by atoms with Gasteiger partial charge in [0.25, 0.3) is 0 Å². The van der Waals surface area contributed by atoms with Crippen molar-refractivity contribution in [1.82, 2.24) is 14.6 Å². The van der Waals surface area contributed by atoms with E-state index >= 15 is 0 Å². The van der Waals surface area contributed by atoms with Crippen LogP contribution in [-0.4, -0.2) is 48.8 Å². The highest BCUT2D eigenvalue weighted by Crippen LogP contribution is 2.41. The van der Waals surface area contributed by atoms with E-state index in [0.29, 0.717) is 34.2 Å². The quantitative estimate of drug-likeness (QED) is 0.174. The highest BCUT2D eigenvalue weighted by atomic mass is 16.5. The van der Waals surface area contributed by atoms with Gasteiger partial charge in [0.05, 0.1) is 39.8 Å². The van der Waals surface area contributed by atoms with Crippen LogP contribution in [0.5, 0.6) is 23.0 Å². The fourth-order valence-electron chi connectivity index (χ4n) is 4.26. The number of methoxy groups -OCH3 is 4. The molecule has 0 spiro atoms. The van der Waals surface area contributed by atoms with Crippen molar-refractivity contribution in [3.8, 4) is 45.5 Å². The molecule has 3 aromatic carbocycles. The maximum Gasteiger partial charge on any atom is 0.204 e. The Morgan fingerprint density at radius 3 is 2.08 bits per heavy atom. The average molecular weight is 522 g/mol. The number of ketones is 1. The molecule has 39 heavy (non-hydrogen) atoms. The van der Waals surface area contributed by atoms with Crippen LogP contribution in [-0.2, 0) is 0 Å². The summed E-state index contributed by atoms with van der Waals surface area (Å²) in [7, 11) is 6.28. The van der Waals surface area contributed by atoms with Crippen molar-refractivity contribution in [2.45, 2.75) is 0 Å². The predicted octanol–water partition coefficient (Wildman–Crippen LogP) is 5.99. The lowest BCUT2D eigenvalue weighted by Gasteiger charge is -2.15. The zero-order valence-electron chi connectivity index (χ0n) is 22.0. The smallest absolute Gasteiger partial charge is 0.204 e. The van der Waals surface area contributed by atoms with Crippen LogP contribution in [0.4, 0.5) is 0 Å². The Bertz CT molecular complexity index is 1630. The molecule has 0 saturated heterocycles. The number of hydrogen-bond acceptors (Lipinski definition) is 7. The minimum absolute atomic E-state index is 0.246. The van der Waals surface area contributed by atoms with E-state index in [9.17, 15) is 4.79 Å². The zero-order valence-corrected chi connectivity index (χ0v) is 22.0. The van der Waals surface area contributed by atoms with E-state index in [1.807, 2.05) is 72.8 Å². The van der Waals surface area contributed by atoms with Crippen molar-refractivity contribution in [3.63, 3.8) is 0 Å². The predicted molar refractivity (Wildman–Crippen MR) is 150 cm³/mol. The van der Waals surface area contributed by atoms with Crippen LogP contribution in [0.15, 0.2) is 84.9 Å². The summed E-state index contributed by atoms with van der Waals surface area (Å²) < 4.78 is 23.6. The first kappa shape index (κ1) is 25.5. The van der Waals surface area contributed by atoms with Crippen LogP contribution in [0.3, 0.4) is 0 Å². The molecular weight excluding hydrogens is 494 g/mol. The molecule has 0 aliphatic carbocycles. The minimum atomic E-state index is -0.246. The molecule has 0 radical (unpaired) electrons. The second kappa shape index (κ2) is 11.1. The van der Waals surface area contributed by atoms with E-state index in [1.54, 1.807) is 45.1 Å². The van der Waals surface area contributed by atoms with Crippen LogP contribution >= 0.6 is 0 Å². The van der Waals surface area contributed by atoms with Gasteiger partial charge in [0, 0.05) is 17.2 Å². The van der Waals surface area contributed by atoms with Gasteiger partial charge in [-0.25, -0.2) is 9.50 Å². The van der Waals surface area contributed by atoms with Gasteiger partial charge in [-0.05, 0) is 42.0 Å². The number of benzene rings is 3. The zero-order chi connectivity index (χ0) is 27.4. The summed E-state index contributed by atoms with van der Waals surface area (Å²) in [6.07, 6.45) is 3.26. The summed E-state index contributed by atoms with van der Waals surface area (Å²) in [5, 5.41) is 4.82. The largest absolute Gasteiger partial charge is 0.497 e. The third kappa shape index (κ3) is 5.17. The van der Waals surface area contributed by atoms with Gasteiger partial charge in [0.15, 0.2) is 17.1 Å². The molecule has 0 atom stereocenters. The molecule has 0 saturated carbocycles. The lowest BCUT2D eigenvalue weighted by molar-refractivity contribution is 0.104. The average Bonchev–Trinajstić information content (AvgIpc) is 3.43. The van der Waals surface area contributed by atoms with Gasteiger partial charge in [0.1, 0.15) is 11.4 Å². The van der Waals surface area contributed by atoms with E-state index in [4.69, 9.17) is 24.0 Å². The lowest BCUT2D eigenvalue weighted by atomic mass is 10.1. The van der Waals surface area contributed by atoms with Gasteiger partial charge >= 0.3 is 0 Å². The van der Waals surface area contributed by atoms with Crippen molar-refractivity contribution in [2.24, 2.45) is 0 Å². The van der Waals surface area contributed by atoms with Crippen molar-refractivity contribution < 1.29 is 23.7 Å². The Balaban J connectivity index is 1.65. The Morgan fingerprint density at radius 1 is 0.769 bits per heavy atom. The van der Waals surface area contributed by atoms with E-state index in [-0.39, 0.29) is 11.5 Å². The molecule has 0 aliphatic heterocycles. The molecule has 196 valence electrons. The SMILES string of the molecule is COc1ccc(/C=C/C(=O)c2cc(-c3cc(OC)c(OC)c(OC)c3)n3nc(-c4ccccc4)cc3n2)cc1. The van der Waals surface area contributed by atoms with Gasteiger partial charge in [-0.2, -0.15) is 5.10 Å². The number of aromatic nitrogens is 3. The first-order chi connectivity index (χ1) is 19.0. The Morgan fingerprint density at radius 2 is 1.46 bits per heavy atom. The highest BCUT2D eigenvalue weighted by Gasteiger charge is 2.19. The normalized spacial score (nSPS) is 11.1. The molecule has 0 fully saturated rings. The van der Waals surface area contributed by atoms with Crippen molar-refractivity contribution in [3.05, 3.63) is 96.2 Å². The number of carbonyl (C=O) groups excluding carboxylic acids is 1. The highest BCUT2D eigenvalue weighted by molar-refractivity contribution is 6.06. The molecule has 2 aromatic heterocycles. The number of rotatable bonds is 9. The Hall–Kier alpha value is -5.11. The topological polar surface area (TPSA) is 84.2 Å². The van der Waals surface area contributed by atoms with Crippen molar-refractivity contribution >= 4 is 17.5 Å². The Kier molecular flexibility index (Phi) is 7.27. The van der Waals surface area contributed by atoms with Crippen molar-refractivity contribution in [1.29, 1.82) is 0 Å². The molecule has 8 nitrogen and oxygen atoms in total. The first-order valence-electron chi connectivity index (χ1n) is 12.2. The van der Waals surface area contributed by atoms with Crippen LogP contribution in [0.2, 0.25) is 0 Å². The maximum atomic E-state index is 13.3. The summed E-state index contributed by atoms with van der Waals surface area (Å²) in [4.78, 5) is 18.0. The molecule has 0 amide bonds. The van der Waals surface area contributed by atoms with Gasteiger partial charge in [-0.15, -0.1) is 0 Å². The standard InChI is InChI=1S/C31H27N3O5/c1-36-23-13-10-20(11-14-23)12-15-27(35)25-18-26(22-16-28(37-2)31(39-4)29(17-22)38-3)34-30(32-25)19-24(33-34)21-8-6-5-7-9-21/h5-19H,1-4H3/b15-12+. The molecule has 8 heteroatoms. The molecule has 5 aromatic rings. The summed E-state index contributed by atoms with van der Waals surface area (Å²) in [5.41, 5.74) is 4.69.